The van der Waals surface area contributed by atoms with Gasteiger partial charge in [-0.3, -0.25) is 9.59 Å². The van der Waals surface area contributed by atoms with Gasteiger partial charge in [-0.2, -0.15) is 0 Å². The number of hydrogen-bond donors (Lipinski definition) is 2. The number of carboxylic acid groups (broad SMARTS) is 1. The molecule has 1 aliphatic rings. The number of carbonyl (C=O) groups excluding carboxylic acids is 1. The molecule has 0 radical (unpaired) electrons. The normalized spacial score (nSPS) is 22.4. The number of aromatic nitrogens is 1. The Balaban J connectivity index is 1.84. The molecule has 0 bridgehead atoms. The zero-order valence-corrected chi connectivity index (χ0v) is 11.2. The van der Waals surface area contributed by atoms with Gasteiger partial charge in [-0.25, -0.2) is 0 Å². The summed E-state index contributed by atoms with van der Waals surface area (Å²) in [5, 5.41) is 10.2. The van der Waals surface area contributed by atoms with Crippen molar-refractivity contribution in [2.45, 2.75) is 13.3 Å². The second-order valence-electron chi connectivity index (χ2n) is 5.62. The van der Waals surface area contributed by atoms with E-state index >= 15 is 0 Å². The van der Waals surface area contributed by atoms with Crippen LogP contribution >= 0.6 is 0 Å². The fourth-order valence-corrected chi connectivity index (χ4v) is 2.68. The van der Waals surface area contributed by atoms with Crippen LogP contribution in [0.3, 0.4) is 0 Å². The van der Waals surface area contributed by atoms with Gasteiger partial charge in [-0.15, -0.1) is 0 Å². The molecule has 1 aromatic carbocycles. The summed E-state index contributed by atoms with van der Waals surface area (Å²) < 4.78 is 0. The standard InChI is InChI=1S/C15H16N2O3/c1-15(14(19)20)5-7-17(9-15)13(18)11-2-3-12-10(8-11)4-6-16-12/h2-4,6,8,16H,5,7,9H2,1H3,(H,19,20). The lowest BCUT2D eigenvalue weighted by Crippen LogP contribution is -2.34. The molecule has 0 saturated carbocycles. The van der Waals surface area contributed by atoms with Gasteiger partial charge in [-0.1, -0.05) is 0 Å². The van der Waals surface area contributed by atoms with Crippen LogP contribution in [-0.4, -0.2) is 40.0 Å². The Bertz CT molecular complexity index is 691. The average Bonchev–Trinajstić information content (AvgIpc) is 3.04. The molecular weight excluding hydrogens is 256 g/mol. The number of aliphatic carboxylic acids is 1. The van der Waals surface area contributed by atoms with Crippen molar-refractivity contribution in [2.24, 2.45) is 5.41 Å². The van der Waals surface area contributed by atoms with Crippen LogP contribution in [-0.2, 0) is 4.79 Å². The first kappa shape index (κ1) is 12.7. The van der Waals surface area contributed by atoms with E-state index in [0.717, 1.165) is 10.9 Å². The summed E-state index contributed by atoms with van der Waals surface area (Å²) >= 11 is 0. The van der Waals surface area contributed by atoms with Crippen LogP contribution in [0.5, 0.6) is 0 Å². The van der Waals surface area contributed by atoms with E-state index in [1.54, 1.807) is 17.9 Å². The zero-order valence-electron chi connectivity index (χ0n) is 11.2. The Morgan fingerprint density at radius 1 is 1.35 bits per heavy atom. The molecule has 1 aliphatic heterocycles. The Labute approximate surface area is 116 Å². The number of nitrogens with zero attached hydrogens (tertiary/aromatic N) is 1. The van der Waals surface area contributed by atoms with E-state index < -0.39 is 11.4 Å². The summed E-state index contributed by atoms with van der Waals surface area (Å²) in [7, 11) is 0. The van der Waals surface area contributed by atoms with E-state index in [9.17, 15) is 14.7 Å². The number of carboxylic acids is 1. The van der Waals surface area contributed by atoms with Gasteiger partial charge in [0.05, 0.1) is 5.41 Å². The van der Waals surface area contributed by atoms with Crippen LogP contribution in [0.15, 0.2) is 30.5 Å². The maximum absolute atomic E-state index is 12.4. The summed E-state index contributed by atoms with van der Waals surface area (Å²) in [6.45, 7) is 2.46. The highest BCUT2D eigenvalue weighted by Gasteiger charge is 2.42. The molecule has 2 N–H and O–H groups in total. The molecule has 20 heavy (non-hydrogen) atoms. The lowest BCUT2D eigenvalue weighted by atomic mass is 9.90. The lowest BCUT2D eigenvalue weighted by molar-refractivity contribution is -0.147. The van der Waals surface area contributed by atoms with Crippen LogP contribution in [0.25, 0.3) is 10.9 Å². The van der Waals surface area contributed by atoms with Gasteiger partial charge < -0.3 is 15.0 Å². The third kappa shape index (κ3) is 1.95. The van der Waals surface area contributed by atoms with Crippen LogP contribution in [0.4, 0.5) is 0 Å². The molecule has 1 unspecified atom stereocenters. The van der Waals surface area contributed by atoms with Crippen LogP contribution in [0.1, 0.15) is 23.7 Å². The summed E-state index contributed by atoms with van der Waals surface area (Å²) in [6.07, 6.45) is 2.33. The van der Waals surface area contributed by atoms with E-state index in [4.69, 9.17) is 0 Å². The molecule has 0 spiro atoms. The first-order valence-electron chi connectivity index (χ1n) is 6.59. The van der Waals surface area contributed by atoms with Crippen molar-refractivity contribution in [3.63, 3.8) is 0 Å². The number of carbonyl (C=O) groups is 2. The predicted octanol–water partition coefficient (Wildman–Crippen LogP) is 2.10. The minimum atomic E-state index is -0.839. The molecule has 1 atom stereocenters. The monoisotopic (exact) mass is 272 g/mol. The van der Waals surface area contributed by atoms with E-state index in [0.29, 0.717) is 18.5 Å². The summed E-state index contributed by atoms with van der Waals surface area (Å²) in [5.41, 5.74) is 0.762. The fourth-order valence-electron chi connectivity index (χ4n) is 2.68. The lowest BCUT2D eigenvalue weighted by Gasteiger charge is -2.20. The van der Waals surface area contributed by atoms with Gasteiger partial charge in [0.1, 0.15) is 0 Å². The highest BCUT2D eigenvalue weighted by molar-refractivity contribution is 5.98. The molecule has 5 heteroatoms. The minimum Gasteiger partial charge on any atom is -0.481 e. The zero-order chi connectivity index (χ0) is 14.3. The topological polar surface area (TPSA) is 73.4 Å². The highest BCUT2D eigenvalue weighted by atomic mass is 16.4. The number of rotatable bonds is 2. The van der Waals surface area contributed by atoms with E-state index in [2.05, 4.69) is 4.98 Å². The van der Waals surface area contributed by atoms with E-state index in [-0.39, 0.29) is 12.5 Å². The van der Waals surface area contributed by atoms with Gasteiger partial charge in [-0.05, 0) is 37.6 Å². The summed E-state index contributed by atoms with van der Waals surface area (Å²) in [4.78, 5) is 28.4. The third-order valence-electron chi connectivity index (χ3n) is 4.08. The molecule has 5 nitrogen and oxygen atoms in total. The molecule has 3 rings (SSSR count). The van der Waals surface area contributed by atoms with Crippen LogP contribution in [0.2, 0.25) is 0 Å². The Morgan fingerprint density at radius 2 is 2.15 bits per heavy atom. The third-order valence-corrected chi connectivity index (χ3v) is 4.08. The van der Waals surface area contributed by atoms with Gasteiger partial charge in [0.2, 0.25) is 0 Å². The van der Waals surface area contributed by atoms with Crippen molar-refractivity contribution >= 4 is 22.8 Å². The van der Waals surface area contributed by atoms with Gasteiger partial charge in [0.25, 0.3) is 5.91 Å². The fraction of sp³-hybridized carbons (Fsp3) is 0.333. The van der Waals surface area contributed by atoms with Gasteiger partial charge in [0, 0.05) is 35.8 Å². The number of nitrogens with one attached hydrogen (secondary N) is 1. The first-order chi connectivity index (χ1) is 9.49. The Morgan fingerprint density at radius 3 is 2.85 bits per heavy atom. The first-order valence-corrected chi connectivity index (χ1v) is 6.59. The second kappa shape index (κ2) is 4.37. The van der Waals surface area contributed by atoms with Crippen molar-refractivity contribution in [1.29, 1.82) is 0 Å². The minimum absolute atomic E-state index is 0.0990. The van der Waals surface area contributed by atoms with E-state index in [1.165, 1.54) is 0 Å². The molecule has 2 aromatic rings. The van der Waals surface area contributed by atoms with Crippen molar-refractivity contribution in [2.75, 3.05) is 13.1 Å². The molecule has 0 aliphatic carbocycles. The van der Waals surface area contributed by atoms with Crippen molar-refractivity contribution in [1.82, 2.24) is 9.88 Å². The van der Waals surface area contributed by atoms with Crippen LogP contribution < -0.4 is 0 Å². The smallest absolute Gasteiger partial charge is 0.311 e. The Hall–Kier alpha value is -2.30. The van der Waals surface area contributed by atoms with E-state index in [1.807, 2.05) is 24.4 Å². The summed E-state index contributed by atoms with van der Waals surface area (Å²) in [6, 6.07) is 7.40. The molecule has 2 heterocycles. The van der Waals surface area contributed by atoms with Crippen molar-refractivity contribution in [3.8, 4) is 0 Å². The number of hydrogen-bond acceptors (Lipinski definition) is 2. The van der Waals surface area contributed by atoms with Crippen molar-refractivity contribution in [3.05, 3.63) is 36.0 Å². The Kier molecular flexibility index (Phi) is 2.78. The van der Waals surface area contributed by atoms with Crippen molar-refractivity contribution < 1.29 is 14.7 Å². The number of benzene rings is 1. The predicted molar refractivity (Wildman–Crippen MR) is 74.6 cm³/mol. The number of aromatic amines is 1. The number of likely N-dealkylation sites (tertiary alicyclic amines) is 1. The largest absolute Gasteiger partial charge is 0.481 e. The number of amides is 1. The molecular formula is C15H16N2O3. The number of fused-ring (bicyclic) bond motifs is 1. The maximum Gasteiger partial charge on any atom is 0.311 e. The molecule has 1 amide bonds. The quantitative estimate of drug-likeness (QED) is 0.879. The second-order valence-corrected chi connectivity index (χ2v) is 5.62. The summed E-state index contributed by atoms with van der Waals surface area (Å²) in [5.74, 6) is -0.938. The van der Waals surface area contributed by atoms with Gasteiger partial charge in [0.15, 0.2) is 0 Å². The molecule has 1 fully saturated rings. The average molecular weight is 272 g/mol. The SMILES string of the molecule is CC1(C(=O)O)CCN(C(=O)c2ccc3[nH]ccc3c2)C1. The molecule has 104 valence electrons. The maximum atomic E-state index is 12.4. The number of H-pyrrole nitrogens is 1. The molecule has 1 aromatic heterocycles. The molecule has 1 saturated heterocycles. The van der Waals surface area contributed by atoms with Gasteiger partial charge >= 0.3 is 5.97 Å². The highest BCUT2D eigenvalue weighted by Crippen LogP contribution is 2.31. The van der Waals surface area contributed by atoms with Crippen LogP contribution in [0, 0.1) is 5.41 Å².